The first-order valence-electron chi connectivity index (χ1n) is 9.44. The van der Waals surface area contributed by atoms with Gasteiger partial charge in [-0.25, -0.2) is 9.18 Å². The molecule has 0 spiro atoms. The van der Waals surface area contributed by atoms with Crippen molar-refractivity contribution in [2.75, 3.05) is 18.4 Å². The van der Waals surface area contributed by atoms with Gasteiger partial charge in [-0.3, -0.25) is 4.79 Å². The van der Waals surface area contributed by atoms with E-state index >= 15 is 0 Å². The van der Waals surface area contributed by atoms with Crippen LogP contribution in [0.25, 0.3) is 0 Å². The molecule has 1 saturated heterocycles. The third kappa shape index (κ3) is 4.91. The Bertz CT molecular complexity index is 831. The number of hydrogen-bond acceptors (Lipinski definition) is 3. The number of amides is 2. The molecule has 150 valence electrons. The zero-order valence-electron chi connectivity index (χ0n) is 16.4. The number of ether oxygens (including phenoxy) is 1. The molecule has 0 radical (unpaired) electrons. The highest BCUT2D eigenvalue weighted by Crippen LogP contribution is 2.26. The fraction of sp³-hybridized carbons (Fsp3) is 0.429. The van der Waals surface area contributed by atoms with Crippen molar-refractivity contribution in [3.63, 3.8) is 0 Å². The minimum atomic E-state index is -0.514. The third-order valence-corrected chi connectivity index (χ3v) is 4.62. The highest BCUT2D eigenvalue weighted by molar-refractivity contribution is 6.03. The lowest BCUT2D eigenvalue weighted by Crippen LogP contribution is -2.42. The second kappa shape index (κ2) is 8.04. The molecular formula is C21H26FN3O3. The van der Waals surface area contributed by atoms with Crippen LogP contribution >= 0.6 is 0 Å². The molecule has 1 N–H and O–H groups in total. The summed E-state index contributed by atoms with van der Waals surface area (Å²) in [6.07, 6.45) is 3.07. The molecule has 1 aromatic carbocycles. The quantitative estimate of drug-likeness (QED) is 0.846. The maximum absolute atomic E-state index is 13.0. The normalized spacial score (nSPS) is 15.4. The van der Waals surface area contributed by atoms with Gasteiger partial charge in [0.1, 0.15) is 17.1 Å². The van der Waals surface area contributed by atoms with Crippen LogP contribution in [0.2, 0.25) is 0 Å². The van der Waals surface area contributed by atoms with Crippen LogP contribution in [0.5, 0.6) is 0 Å². The van der Waals surface area contributed by atoms with Crippen molar-refractivity contribution in [3.05, 3.63) is 54.1 Å². The van der Waals surface area contributed by atoms with Crippen molar-refractivity contribution in [2.45, 2.75) is 45.3 Å². The number of carbonyl (C=O) groups is 2. The van der Waals surface area contributed by atoms with E-state index in [0.29, 0.717) is 24.5 Å². The van der Waals surface area contributed by atoms with Crippen molar-refractivity contribution in [1.29, 1.82) is 0 Å². The molecule has 0 atom stereocenters. The predicted octanol–water partition coefficient (Wildman–Crippen LogP) is 4.45. The van der Waals surface area contributed by atoms with Crippen molar-refractivity contribution in [2.24, 2.45) is 0 Å². The summed E-state index contributed by atoms with van der Waals surface area (Å²) in [4.78, 5) is 26.6. The van der Waals surface area contributed by atoms with E-state index in [1.165, 1.54) is 24.3 Å². The zero-order chi connectivity index (χ0) is 20.3. The number of aromatic nitrogens is 1. The Kier molecular flexibility index (Phi) is 5.72. The van der Waals surface area contributed by atoms with Crippen LogP contribution in [0.15, 0.2) is 42.6 Å². The van der Waals surface area contributed by atoms with E-state index in [4.69, 9.17) is 4.74 Å². The van der Waals surface area contributed by atoms with Crippen molar-refractivity contribution < 1.29 is 18.7 Å². The summed E-state index contributed by atoms with van der Waals surface area (Å²) in [5.74, 6) is -0.593. The number of carbonyl (C=O) groups excluding carboxylic acids is 2. The summed E-state index contributed by atoms with van der Waals surface area (Å²) in [5, 5.41) is 2.79. The highest BCUT2D eigenvalue weighted by Gasteiger charge is 2.28. The van der Waals surface area contributed by atoms with Crippen LogP contribution in [-0.4, -0.2) is 40.2 Å². The molecule has 1 aromatic heterocycles. The van der Waals surface area contributed by atoms with Crippen LogP contribution in [0.4, 0.5) is 14.9 Å². The molecule has 3 rings (SSSR count). The molecule has 1 fully saturated rings. The lowest BCUT2D eigenvalue weighted by molar-refractivity contribution is 0.0187. The van der Waals surface area contributed by atoms with Gasteiger partial charge in [-0.05, 0) is 70.0 Å². The largest absolute Gasteiger partial charge is 0.444 e. The van der Waals surface area contributed by atoms with Gasteiger partial charge in [0.05, 0.1) is 0 Å². The smallest absolute Gasteiger partial charge is 0.410 e. The highest BCUT2D eigenvalue weighted by atomic mass is 19.1. The standard InChI is InChI=1S/C21H26FN3O3/c1-21(2,3)28-20(27)24-13-10-17(11-14-24)25-12-4-5-18(25)19(26)23-16-8-6-15(22)7-9-16/h4-9,12,17H,10-11,13-14H2,1-3H3,(H,23,26). The molecule has 7 heteroatoms. The summed E-state index contributed by atoms with van der Waals surface area (Å²) in [6.45, 7) is 6.71. The Hall–Kier alpha value is -2.83. The van der Waals surface area contributed by atoms with Gasteiger partial charge in [-0.15, -0.1) is 0 Å². The van der Waals surface area contributed by atoms with E-state index in [-0.39, 0.29) is 23.9 Å². The van der Waals surface area contributed by atoms with Gasteiger partial charge >= 0.3 is 6.09 Å². The van der Waals surface area contributed by atoms with E-state index in [2.05, 4.69) is 5.32 Å². The second-order valence-electron chi connectivity index (χ2n) is 7.96. The summed E-state index contributed by atoms with van der Waals surface area (Å²) in [6, 6.07) is 9.39. The number of halogens is 1. The van der Waals surface area contributed by atoms with Crippen molar-refractivity contribution >= 4 is 17.7 Å². The van der Waals surface area contributed by atoms with Crippen LogP contribution in [0.3, 0.4) is 0 Å². The van der Waals surface area contributed by atoms with E-state index in [0.717, 1.165) is 12.8 Å². The van der Waals surface area contributed by atoms with E-state index in [9.17, 15) is 14.0 Å². The van der Waals surface area contributed by atoms with Gasteiger partial charge in [0.25, 0.3) is 5.91 Å². The van der Waals surface area contributed by atoms with Crippen molar-refractivity contribution in [3.8, 4) is 0 Å². The minimum Gasteiger partial charge on any atom is -0.444 e. The van der Waals surface area contributed by atoms with Crippen LogP contribution < -0.4 is 5.32 Å². The Morgan fingerprint density at radius 3 is 2.36 bits per heavy atom. The maximum atomic E-state index is 13.0. The molecule has 2 amide bonds. The monoisotopic (exact) mass is 387 g/mol. The second-order valence-corrected chi connectivity index (χ2v) is 7.96. The predicted molar refractivity (Wildman–Crippen MR) is 105 cm³/mol. The lowest BCUT2D eigenvalue weighted by Gasteiger charge is -2.34. The van der Waals surface area contributed by atoms with E-state index in [1.807, 2.05) is 37.6 Å². The minimum absolute atomic E-state index is 0.127. The van der Waals surface area contributed by atoms with Crippen LogP contribution in [0.1, 0.15) is 50.1 Å². The van der Waals surface area contributed by atoms with Gasteiger partial charge in [0, 0.05) is 31.0 Å². The number of piperidine rings is 1. The number of benzene rings is 1. The summed E-state index contributed by atoms with van der Waals surface area (Å²) in [5.41, 5.74) is 0.568. The van der Waals surface area contributed by atoms with Gasteiger partial charge in [-0.1, -0.05) is 0 Å². The Balaban J connectivity index is 1.62. The third-order valence-electron chi connectivity index (χ3n) is 4.62. The first kappa shape index (κ1) is 19.9. The molecule has 1 aliphatic heterocycles. The lowest BCUT2D eigenvalue weighted by atomic mass is 10.0. The molecule has 2 heterocycles. The fourth-order valence-electron chi connectivity index (χ4n) is 3.29. The molecule has 1 aliphatic rings. The number of anilines is 1. The first-order valence-corrected chi connectivity index (χ1v) is 9.44. The van der Waals surface area contributed by atoms with Crippen molar-refractivity contribution in [1.82, 2.24) is 9.47 Å². The Morgan fingerprint density at radius 2 is 1.75 bits per heavy atom. The zero-order valence-corrected chi connectivity index (χ0v) is 16.4. The van der Waals surface area contributed by atoms with Crippen LogP contribution in [0, 0.1) is 5.82 Å². The number of hydrogen-bond donors (Lipinski definition) is 1. The van der Waals surface area contributed by atoms with E-state index in [1.54, 1.807) is 11.0 Å². The maximum Gasteiger partial charge on any atom is 0.410 e. The molecule has 0 saturated carbocycles. The SMILES string of the molecule is CC(C)(C)OC(=O)N1CCC(n2cccc2C(=O)Nc2ccc(F)cc2)CC1. The molecule has 0 aliphatic carbocycles. The Morgan fingerprint density at radius 1 is 1.11 bits per heavy atom. The summed E-state index contributed by atoms with van der Waals surface area (Å²) < 4.78 is 20.4. The van der Waals surface area contributed by atoms with Gasteiger partial charge in [0.15, 0.2) is 0 Å². The number of likely N-dealkylation sites (tertiary alicyclic amines) is 1. The molecular weight excluding hydrogens is 361 g/mol. The topological polar surface area (TPSA) is 63.6 Å². The first-order chi connectivity index (χ1) is 13.2. The molecule has 6 nitrogen and oxygen atoms in total. The number of nitrogens with one attached hydrogen (secondary N) is 1. The Labute approximate surface area is 164 Å². The van der Waals surface area contributed by atoms with Gasteiger partial charge in [-0.2, -0.15) is 0 Å². The average Bonchev–Trinajstić information content (AvgIpc) is 3.12. The molecule has 28 heavy (non-hydrogen) atoms. The molecule has 0 unspecified atom stereocenters. The average molecular weight is 387 g/mol. The fourth-order valence-corrected chi connectivity index (χ4v) is 3.29. The summed E-state index contributed by atoms with van der Waals surface area (Å²) >= 11 is 0. The van der Waals surface area contributed by atoms with Gasteiger partial charge in [0.2, 0.25) is 0 Å². The van der Waals surface area contributed by atoms with E-state index < -0.39 is 5.60 Å². The molecule has 2 aromatic rings. The molecule has 0 bridgehead atoms. The number of nitrogens with zero attached hydrogens (tertiary/aromatic N) is 2. The number of rotatable bonds is 3. The van der Waals surface area contributed by atoms with Gasteiger partial charge < -0.3 is 19.5 Å². The summed E-state index contributed by atoms with van der Waals surface area (Å²) in [7, 11) is 0. The van der Waals surface area contributed by atoms with Crippen LogP contribution in [-0.2, 0) is 4.74 Å².